The number of carbonyl (C=O) groups is 2. The molecule has 0 atom stereocenters. The Balaban J connectivity index is 2.24. The first-order chi connectivity index (χ1) is 10.5. The number of carboxylic acids is 1. The molecule has 0 spiro atoms. The monoisotopic (exact) mass is 377 g/mol. The van der Waals surface area contributed by atoms with Crippen molar-refractivity contribution in [2.75, 3.05) is 0 Å². The van der Waals surface area contributed by atoms with Crippen LogP contribution in [0.4, 0.5) is 0 Å². The summed E-state index contributed by atoms with van der Waals surface area (Å²) in [6.45, 7) is 0. The number of aromatic nitrogens is 1. The Bertz CT molecular complexity index is 917. The molecule has 22 heavy (non-hydrogen) atoms. The SMILES string of the molecule is O=C(O)c1cn(C(=O)c2cc(Br)ccc2Cl)c2ccccc12. The van der Waals surface area contributed by atoms with Crippen LogP contribution < -0.4 is 0 Å². The Morgan fingerprint density at radius 1 is 1.09 bits per heavy atom. The fourth-order valence-corrected chi connectivity index (χ4v) is 2.87. The van der Waals surface area contributed by atoms with Crippen molar-refractivity contribution in [3.8, 4) is 0 Å². The van der Waals surface area contributed by atoms with Crippen molar-refractivity contribution in [1.29, 1.82) is 0 Å². The van der Waals surface area contributed by atoms with Crippen LogP contribution in [0, 0.1) is 0 Å². The third kappa shape index (κ3) is 2.42. The molecule has 0 saturated carbocycles. The molecule has 0 unspecified atom stereocenters. The van der Waals surface area contributed by atoms with Crippen LogP contribution in [0.5, 0.6) is 0 Å². The van der Waals surface area contributed by atoms with Crippen molar-refractivity contribution in [3.63, 3.8) is 0 Å². The predicted octanol–water partition coefficient (Wildman–Crippen LogP) is 4.44. The molecule has 1 heterocycles. The lowest BCUT2D eigenvalue weighted by atomic mass is 10.2. The van der Waals surface area contributed by atoms with Gasteiger partial charge in [-0.05, 0) is 24.3 Å². The van der Waals surface area contributed by atoms with Crippen molar-refractivity contribution in [2.24, 2.45) is 0 Å². The molecule has 0 fully saturated rings. The number of hydrogen-bond donors (Lipinski definition) is 1. The quantitative estimate of drug-likeness (QED) is 0.717. The van der Waals surface area contributed by atoms with Crippen molar-refractivity contribution in [2.45, 2.75) is 0 Å². The summed E-state index contributed by atoms with van der Waals surface area (Å²) in [5.41, 5.74) is 0.907. The van der Waals surface area contributed by atoms with Gasteiger partial charge in [0.15, 0.2) is 0 Å². The van der Waals surface area contributed by atoms with Gasteiger partial charge in [0.25, 0.3) is 5.91 Å². The van der Waals surface area contributed by atoms with Gasteiger partial charge >= 0.3 is 5.97 Å². The van der Waals surface area contributed by atoms with E-state index in [1.165, 1.54) is 10.8 Å². The van der Waals surface area contributed by atoms with E-state index in [4.69, 9.17) is 11.6 Å². The molecule has 0 aliphatic heterocycles. The van der Waals surface area contributed by atoms with Gasteiger partial charge in [-0.2, -0.15) is 0 Å². The number of aromatic carboxylic acids is 1. The number of nitrogens with zero attached hydrogens (tertiary/aromatic N) is 1. The number of halogens is 2. The lowest BCUT2D eigenvalue weighted by Gasteiger charge is -2.06. The lowest BCUT2D eigenvalue weighted by Crippen LogP contribution is -2.11. The summed E-state index contributed by atoms with van der Waals surface area (Å²) in [4.78, 5) is 24.1. The van der Waals surface area contributed by atoms with E-state index in [-0.39, 0.29) is 11.5 Å². The van der Waals surface area contributed by atoms with Gasteiger partial charge in [-0.3, -0.25) is 9.36 Å². The third-order valence-corrected chi connectivity index (χ3v) is 4.14. The minimum absolute atomic E-state index is 0.0788. The average molecular weight is 379 g/mol. The van der Waals surface area contributed by atoms with Crippen LogP contribution in [0.25, 0.3) is 10.9 Å². The van der Waals surface area contributed by atoms with E-state index in [0.717, 1.165) is 4.47 Å². The standard InChI is InChI=1S/C16H9BrClNO3/c17-9-5-6-13(18)11(7-9)15(20)19-8-12(16(21)22)10-3-1-2-4-14(10)19/h1-8H,(H,21,22). The molecule has 0 aliphatic carbocycles. The number of hydrogen-bond acceptors (Lipinski definition) is 2. The van der Waals surface area contributed by atoms with Gasteiger partial charge < -0.3 is 5.11 Å². The first-order valence-electron chi connectivity index (χ1n) is 6.32. The highest BCUT2D eigenvalue weighted by atomic mass is 79.9. The minimum atomic E-state index is -1.08. The maximum atomic E-state index is 12.7. The van der Waals surface area contributed by atoms with E-state index in [2.05, 4.69) is 15.9 Å². The second-order valence-corrected chi connectivity index (χ2v) is 5.99. The molecule has 0 bridgehead atoms. The largest absolute Gasteiger partial charge is 0.478 e. The topological polar surface area (TPSA) is 59.3 Å². The van der Waals surface area contributed by atoms with Crippen molar-refractivity contribution < 1.29 is 14.7 Å². The van der Waals surface area contributed by atoms with Gasteiger partial charge in [0.1, 0.15) is 0 Å². The fourth-order valence-electron chi connectivity index (χ4n) is 2.31. The molecule has 3 aromatic rings. The summed E-state index contributed by atoms with van der Waals surface area (Å²) >= 11 is 9.39. The van der Waals surface area contributed by atoms with Crippen LogP contribution in [-0.2, 0) is 0 Å². The van der Waals surface area contributed by atoms with E-state index < -0.39 is 5.97 Å². The van der Waals surface area contributed by atoms with Gasteiger partial charge in [-0.15, -0.1) is 0 Å². The molecule has 0 saturated heterocycles. The molecule has 2 aromatic carbocycles. The first-order valence-corrected chi connectivity index (χ1v) is 7.49. The summed E-state index contributed by atoms with van der Waals surface area (Å²) in [6, 6.07) is 11.8. The zero-order valence-corrected chi connectivity index (χ0v) is 13.4. The molecular formula is C16H9BrClNO3. The van der Waals surface area contributed by atoms with Gasteiger partial charge in [-0.1, -0.05) is 45.7 Å². The van der Waals surface area contributed by atoms with Crippen LogP contribution >= 0.6 is 27.5 Å². The van der Waals surface area contributed by atoms with Gasteiger partial charge in [0.2, 0.25) is 0 Å². The maximum Gasteiger partial charge on any atom is 0.337 e. The highest BCUT2D eigenvalue weighted by Gasteiger charge is 2.20. The molecular weight excluding hydrogens is 370 g/mol. The smallest absolute Gasteiger partial charge is 0.337 e. The van der Waals surface area contributed by atoms with E-state index in [1.54, 1.807) is 42.5 Å². The Kier molecular flexibility index (Phi) is 3.76. The number of para-hydroxylation sites is 1. The number of benzene rings is 2. The molecule has 0 amide bonds. The van der Waals surface area contributed by atoms with Crippen LogP contribution in [-0.4, -0.2) is 21.6 Å². The molecule has 4 nitrogen and oxygen atoms in total. The number of fused-ring (bicyclic) bond motifs is 1. The van der Waals surface area contributed by atoms with E-state index in [0.29, 0.717) is 21.5 Å². The zero-order valence-electron chi connectivity index (χ0n) is 11.1. The average Bonchev–Trinajstić information content (AvgIpc) is 2.89. The number of carboxylic acid groups (broad SMARTS) is 1. The Morgan fingerprint density at radius 2 is 1.82 bits per heavy atom. The Hall–Kier alpha value is -2.11. The molecule has 6 heteroatoms. The molecule has 3 rings (SSSR count). The maximum absolute atomic E-state index is 12.7. The zero-order chi connectivity index (χ0) is 15.9. The van der Waals surface area contributed by atoms with Gasteiger partial charge in [-0.25, -0.2) is 4.79 Å². The van der Waals surface area contributed by atoms with Crippen LogP contribution in [0.15, 0.2) is 53.1 Å². The molecule has 0 radical (unpaired) electrons. The van der Waals surface area contributed by atoms with Crippen LogP contribution in [0.1, 0.15) is 20.7 Å². The number of carbonyl (C=O) groups excluding carboxylic acids is 1. The van der Waals surface area contributed by atoms with Crippen molar-refractivity contribution in [1.82, 2.24) is 4.57 Å². The van der Waals surface area contributed by atoms with Crippen molar-refractivity contribution in [3.05, 3.63) is 69.3 Å². The predicted molar refractivity (Wildman–Crippen MR) is 87.8 cm³/mol. The summed E-state index contributed by atoms with van der Waals surface area (Å²) in [5.74, 6) is -1.46. The highest BCUT2D eigenvalue weighted by Crippen LogP contribution is 2.26. The van der Waals surface area contributed by atoms with E-state index in [9.17, 15) is 14.7 Å². The van der Waals surface area contributed by atoms with E-state index in [1.807, 2.05) is 0 Å². The van der Waals surface area contributed by atoms with Crippen LogP contribution in [0.3, 0.4) is 0 Å². The second kappa shape index (κ2) is 5.59. The summed E-state index contributed by atoms with van der Waals surface area (Å²) in [5, 5.41) is 10.1. The first kappa shape index (κ1) is 14.8. The molecule has 0 aliphatic rings. The highest BCUT2D eigenvalue weighted by molar-refractivity contribution is 9.10. The number of rotatable bonds is 2. The summed E-state index contributed by atoms with van der Waals surface area (Å²) in [7, 11) is 0. The lowest BCUT2D eigenvalue weighted by molar-refractivity contribution is 0.0699. The Labute approximate surface area is 139 Å². The van der Waals surface area contributed by atoms with E-state index >= 15 is 0 Å². The Morgan fingerprint density at radius 3 is 2.55 bits per heavy atom. The summed E-state index contributed by atoms with van der Waals surface area (Å²) in [6.07, 6.45) is 1.33. The second-order valence-electron chi connectivity index (χ2n) is 4.66. The molecule has 110 valence electrons. The minimum Gasteiger partial charge on any atom is -0.478 e. The van der Waals surface area contributed by atoms with Crippen LogP contribution in [0.2, 0.25) is 5.02 Å². The third-order valence-electron chi connectivity index (χ3n) is 3.32. The summed E-state index contributed by atoms with van der Waals surface area (Å²) < 4.78 is 2.03. The molecule has 1 N–H and O–H groups in total. The fraction of sp³-hybridized carbons (Fsp3) is 0. The van der Waals surface area contributed by atoms with Crippen molar-refractivity contribution >= 4 is 50.3 Å². The van der Waals surface area contributed by atoms with Gasteiger partial charge in [0, 0.05) is 16.1 Å². The normalized spacial score (nSPS) is 10.8. The van der Waals surface area contributed by atoms with Gasteiger partial charge in [0.05, 0.1) is 21.7 Å². The molecule has 1 aromatic heterocycles.